The summed E-state index contributed by atoms with van der Waals surface area (Å²) >= 11 is 0. The molecule has 2 N–H and O–H groups in total. The number of pyridine rings is 1. The first-order valence-corrected chi connectivity index (χ1v) is 15.5. The molecule has 1 saturated heterocycles. The van der Waals surface area contributed by atoms with E-state index in [1.165, 1.54) is 5.56 Å². The Morgan fingerprint density at radius 2 is 1.66 bits per heavy atom. The van der Waals surface area contributed by atoms with E-state index in [9.17, 15) is 9.59 Å². The summed E-state index contributed by atoms with van der Waals surface area (Å²) in [6.45, 7) is 6.31. The third-order valence-corrected chi connectivity index (χ3v) is 9.03. The summed E-state index contributed by atoms with van der Waals surface area (Å²) in [5.74, 6) is 0.764. The third kappa shape index (κ3) is 5.99. The zero-order valence-electron chi connectivity index (χ0n) is 25.4. The fraction of sp³-hybridized carbons (Fsp3) is 0.361. The molecule has 1 fully saturated rings. The lowest BCUT2D eigenvalue weighted by Gasteiger charge is -2.40. The normalized spacial score (nSPS) is 17.4. The SMILES string of the molecule is CCOC(=O)Cc1ccccc1O[C@@H]1CC2(CCN(CC(=O)OCC)CC2)c2ccc(-c3ccc4ccnc(N)c4c3)cc21. The Labute approximate surface area is 258 Å². The van der Waals surface area contributed by atoms with E-state index in [2.05, 4.69) is 46.3 Å². The van der Waals surface area contributed by atoms with Gasteiger partial charge in [0.25, 0.3) is 0 Å². The highest BCUT2D eigenvalue weighted by atomic mass is 16.5. The van der Waals surface area contributed by atoms with Crippen LogP contribution in [0.3, 0.4) is 0 Å². The number of fused-ring (bicyclic) bond motifs is 3. The summed E-state index contributed by atoms with van der Waals surface area (Å²) in [6.07, 6.45) is 4.34. The smallest absolute Gasteiger partial charge is 0.320 e. The van der Waals surface area contributed by atoms with Gasteiger partial charge in [-0.3, -0.25) is 14.5 Å². The van der Waals surface area contributed by atoms with Crippen molar-refractivity contribution in [2.45, 2.75) is 51.0 Å². The van der Waals surface area contributed by atoms with E-state index in [1.54, 1.807) is 6.20 Å². The Balaban J connectivity index is 1.34. The molecule has 0 radical (unpaired) electrons. The van der Waals surface area contributed by atoms with Crippen LogP contribution in [0.15, 0.2) is 72.9 Å². The first-order valence-electron chi connectivity index (χ1n) is 15.5. The highest BCUT2D eigenvalue weighted by molar-refractivity contribution is 5.94. The first-order chi connectivity index (χ1) is 21.4. The Morgan fingerprint density at radius 3 is 2.45 bits per heavy atom. The molecule has 1 atom stereocenters. The Morgan fingerprint density at radius 1 is 0.932 bits per heavy atom. The molecule has 0 amide bonds. The van der Waals surface area contributed by atoms with Gasteiger partial charge in [0.2, 0.25) is 0 Å². The van der Waals surface area contributed by atoms with Crippen LogP contribution in [0.2, 0.25) is 0 Å². The number of para-hydroxylation sites is 1. The van der Waals surface area contributed by atoms with Crippen LogP contribution in [0.4, 0.5) is 5.82 Å². The summed E-state index contributed by atoms with van der Waals surface area (Å²) in [5.41, 5.74) is 11.6. The maximum atomic E-state index is 12.4. The number of nitrogens with two attached hydrogens (primary N) is 1. The van der Waals surface area contributed by atoms with Crippen LogP contribution in [0, 0.1) is 0 Å². The molecular formula is C36H39N3O5. The number of piperidine rings is 1. The standard InChI is InChI=1S/C36H39N3O5/c1-3-42-33(40)21-27-7-5-6-8-31(27)44-32-22-36(14-17-39(18-15-36)23-34(41)43-4-2)30-12-11-26(20-29(30)32)25-10-9-24-13-16-38-35(37)28(24)19-25/h5-13,16,19-20,32H,3-4,14-15,17-18,21-23H2,1-2H3,(H2,37,38)/t32-/m1/s1. The molecule has 0 unspecified atom stereocenters. The number of carbonyl (C=O) groups is 2. The van der Waals surface area contributed by atoms with Crippen molar-refractivity contribution >= 4 is 28.5 Å². The largest absolute Gasteiger partial charge is 0.485 e. The minimum Gasteiger partial charge on any atom is -0.485 e. The minimum absolute atomic E-state index is 0.0719. The van der Waals surface area contributed by atoms with Gasteiger partial charge in [0.1, 0.15) is 17.7 Å². The second-order valence-corrected chi connectivity index (χ2v) is 11.7. The van der Waals surface area contributed by atoms with Gasteiger partial charge >= 0.3 is 11.9 Å². The van der Waals surface area contributed by atoms with Gasteiger partial charge in [-0.05, 0) is 98.1 Å². The van der Waals surface area contributed by atoms with Gasteiger partial charge in [-0.2, -0.15) is 0 Å². The second kappa shape index (κ2) is 12.7. The molecule has 1 aromatic heterocycles. The lowest BCUT2D eigenvalue weighted by molar-refractivity contribution is -0.145. The average Bonchev–Trinajstić information content (AvgIpc) is 3.31. The number of nitrogens with zero attached hydrogens (tertiary/aromatic N) is 2. The number of hydrogen-bond acceptors (Lipinski definition) is 8. The number of benzene rings is 3. The highest BCUT2D eigenvalue weighted by Gasteiger charge is 2.47. The van der Waals surface area contributed by atoms with Gasteiger partial charge in [0.15, 0.2) is 0 Å². The summed E-state index contributed by atoms with van der Waals surface area (Å²) < 4.78 is 17.2. The molecular weight excluding hydrogens is 554 g/mol. The van der Waals surface area contributed by atoms with Crippen LogP contribution in [-0.2, 0) is 30.9 Å². The predicted molar refractivity (Wildman–Crippen MR) is 170 cm³/mol. The monoisotopic (exact) mass is 593 g/mol. The van der Waals surface area contributed by atoms with Crippen molar-refractivity contribution in [1.29, 1.82) is 0 Å². The van der Waals surface area contributed by atoms with E-state index in [-0.39, 0.29) is 29.9 Å². The van der Waals surface area contributed by atoms with E-state index >= 15 is 0 Å². The topological polar surface area (TPSA) is 104 Å². The van der Waals surface area contributed by atoms with Crippen LogP contribution in [0.5, 0.6) is 5.75 Å². The molecule has 44 heavy (non-hydrogen) atoms. The quantitative estimate of drug-likeness (QED) is 0.235. The van der Waals surface area contributed by atoms with Crippen LogP contribution >= 0.6 is 0 Å². The molecule has 0 bridgehead atoms. The summed E-state index contributed by atoms with van der Waals surface area (Å²) in [4.78, 5) is 31.0. The molecule has 8 nitrogen and oxygen atoms in total. The number of anilines is 1. The van der Waals surface area contributed by atoms with E-state index in [0.717, 1.165) is 65.4 Å². The third-order valence-electron chi connectivity index (χ3n) is 9.03. The maximum Gasteiger partial charge on any atom is 0.320 e. The molecule has 4 aromatic rings. The molecule has 6 rings (SSSR count). The molecule has 0 saturated carbocycles. The summed E-state index contributed by atoms with van der Waals surface area (Å²) in [5, 5.41) is 1.98. The maximum absolute atomic E-state index is 12.4. The van der Waals surface area contributed by atoms with Gasteiger partial charge < -0.3 is 19.9 Å². The van der Waals surface area contributed by atoms with Gasteiger partial charge in [-0.1, -0.05) is 42.5 Å². The lowest BCUT2D eigenvalue weighted by atomic mass is 9.73. The van der Waals surface area contributed by atoms with E-state index in [0.29, 0.717) is 31.3 Å². The molecule has 1 aliphatic heterocycles. The summed E-state index contributed by atoms with van der Waals surface area (Å²) in [7, 11) is 0. The number of likely N-dealkylation sites (tertiary alicyclic amines) is 1. The molecule has 2 aliphatic rings. The number of rotatable bonds is 9. The number of ether oxygens (including phenoxy) is 3. The van der Waals surface area contributed by atoms with Crippen molar-refractivity contribution in [3.63, 3.8) is 0 Å². The van der Waals surface area contributed by atoms with E-state index in [4.69, 9.17) is 19.9 Å². The number of esters is 2. The second-order valence-electron chi connectivity index (χ2n) is 11.7. The molecule has 1 aliphatic carbocycles. The van der Waals surface area contributed by atoms with Crippen molar-refractivity contribution in [1.82, 2.24) is 9.88 Å². The molecule has 8 heteroatoms. The fourth-order valence-corrected chi connectivity index (χ4v) is 6.83. The predicted octanol–water partition coefficient (Wildman–Crippen LogP) is 6.01. The van der Waals surface area contributed by atoms with Crippen LogP contribution in [-0.4, -0.2) is 54.7 Å². The zero-order valence-corrected chi connectivity index (χ0v) is 25.4. The minimum atomic E-state index is -0.270. The Hall–Kier alpha value is -4.43. The van der Waals surface area contributed by atoms with Gasteiger partial charge in [0.05, 0.1) is 26.2 Å². The number of hydrogen-bond donors (Lipinski definition) is 1. The van der Waals surface area contributed by atoms with Crippen LogP contribution in [0.25, 0.3) is 21.9 Å². The molecule has 228 valence electrons. The van der Waals surface area contributed by atoms with Crippen molar-refractivity contribution in [3.05, 3.63) is 89.6 Å². The van der Waals surface area contributed by atoms with Gasteiger partial charge in [0, 0.05) is 22.6 Å². The first kappa shape index (κ1) is 29.6. The Bertz CT molecular complexity index is 1680. The molecule has 1 spiro atoms. The number of carbonyl (C=O) groups excluding carboxylic acids is 2. The van der Waals surface area contributed by atoms with Crippen LogP contribution in [0.1, 0.15) is 55.9 Å². The fourth-order valence-electron chi connectivity index (χ4n) is 6.83. The summed E-state index contributed by atoms with van der Waals surface area (Å²) in [6, 6.07) is 22.7. The van der Waals surface area contributed by atoms with Gasteiger partial charge in [-0.15, -0.1) is 0 Å². The lowest BCUT2D eigenvalue weighted by Crippen LogP contribution is -2.44. The molecule has 3 aromatic carbocycles. The van der Waals surface area contributed by atoms with E-state index in [1.807, 2.05) is 44.2 Å². The van der Waals surface area contributed by atoms with Gasteiger partial charge in [-0.25, -0.2) is 4.98 Å². The Kier molecular flexibility index (Phi) is 8.53. The van der Waals surface area contributed by atoms with Crippen molar-refractivity contribution in [3.8, 4) is 16.9 Å². The van der Waals surface area contributed by atoms with Crippen LogP contribution < -0.4 is 10.5 Å². The highest BCUT2D eigenvalue weighted by Crippen LogP contribution is 2.53. The van der Waals surface area contributed by atoms with Crippen molar-refractivity contribution < 1.29 is 23.8 Å². The average molecular weight is 594 g/mol. The number of nitrogen functional groups attached to an aromatic ring is 1. The van der Waals surface area contributed by atoms with Crippen molar-refractivity contribution in [2.75, 3.05) is 38.6 Å². The molecule has 2 heterocycles. The zero-order chi connectivity index (χ0) is 30.7. The van der Waals surface area contributed by atoms with E-state index < -0.39 is 0 Å². The number of aromatic nitrogens is 1. The van der Waals surface area contributed by atoms with Crippen molar-refractivity contribution in [2.24, 2.45) is 0 Å².